The highest BCUT2D eigenvalue weighted by Crippen LogP contribution is 2.45. The molecule has 2 bridgehead atoms. The third kappa shape index (κ3) is 1.58. The van der Waals surface area contributed by atoms with Crippen molar-refractivity contribution in [3.05, 3.63) is 69.7 Å². The predicted molar refractivity (Wildman–Crippen MR) is 78.5 cm³/mol. The van der Waals surface area contributed by atoms with Gasteiger partial charge in [-0.1, -0.05) is 48.0 Å². The van der Waals surface area contributed by atoms with Crippen molar-refractivity contribution in [2.75, 3.05) is 0 Å². The molecule has 0 radical (unpaired) electrons. The minimum absolute atomic E-state index is 0.0389. The van der Waals surface area contributed by atoms with Crippen LogP contribution in [0.15, 0.2) is 42.5 Å². The second kappa shape index (κ2) is 3.84. The molecule has 2 heteroatoms. The van der Waals surface area contributed by atoms with E-state index in [9.17, 15) is 0 Å². The van der Waals surface area contributed by atoms with Crippen molar-refractivity contribution >= 4 is 11.6 Å². The highest BCUT2D eigenvalue weighted by atomic mass is 35.5. The van der Waals surface area contributed by atoms with Crippen molar-refractivity contribution in [2.24, 2.45) is 0 Å². The van der Waals surface area contributed by atoms with Gasteiger partial charge in [-0.25, -0.2) is 0 Å². The molecule has 2 unspecified atom stereocenters. The van der Waals surface area contributed by atoms with Gasteiger partial charge in [0, 0.05) is 16.6 Å². The van der Waals surface area contributed by atoms with Crippen LogP contribution in [0.25, 0.3) is 0 Å². The summed E-state index contributed by atoms with van der Waals surface area (Å²) in [5.74, 6) is 0. The lowest BCUT2D eigenvalue weighted by atomic mass is 9.82. The molecule has 2 aliphatic rings. The number of nitrogens with one attached hydrogen (secondary N) is 1. The lowest BCUT2D eigenvalue weighted by Gasteiger charge is -2.26. The molecule has 0 aliphatic carbocycles. The Balaban J connectivity index is 1.92. The third-order valence-electron chi connectivity index (χ3n) is 4.59. The van der Waals surface area contributed by atoms with Crippen LogP contribution in [0.5, 0.6) is 0 Å². The van der Waals surface area contributed by atoms with Gasteiger partial charge in [-0.2, -0.15) is 0 Å². The first-order valence-corrected chi connectivity index (χ1v) is 7.18. The van der Waals surface area contributed by atoms with Gasteiger partial charge in [-0.3, -0.25) is 0 Å². The van der Waals surface area contributed by atoms with Crippen molar-refractivity contribution in [1.82, 2.24) is 5.32 Å². The Kier molecular flexibility index (Phi) is 2.33. The molecule has 2 aromatic carbocycles. The minimum atomic E-state index is 0.0389. The summed E-state index contributed by atoms with van der Waals surface area (Å²) < 4.78 is 0. The summed E-state index contributed by atoms with van der Waals surface area (Å²) in [5.41, 5.74) is 5.64. The molecule has 4 rings (SSSR count). The highest BCUT2D eigenvalue weighted by molar-refractivity contribution is 6.31. The first-order valence-electron chi connectivity index (χ1n) is 6.81. The van der Waals surface area contributed by atoms with Gasteiger partial charge < -0.3 is 5.32 Å². The molecule has 2 atom stereocenters. The van der Waals surface area contributed by atoms with Gasteiger partial charge in [-0.15, -0.1) is 0 Å². The molecule has 19 heavy (non-hydrogen) atoms. The molecule has 0 spiro atoms. The van der Waals surface area contributed by atoms with Crippen LogP contribution in [-0.4, -0.2) is 0 Å². The Labute approximate surface area is 118 Å². The van der Waals surface area contributed by atoms with Crippen LogP contribution in [0.2, 0.25) is 5.02 Å². The molecule has 1 N–H and O–H groups in total. The topological polar surface area (TPSA) is 12.0 Å². The van der Waals surface area contributed by atoms with Gasteiger partial charge in [0.2, 0.25) is 0 Å². The van der Waals surface area contributed by atoms with E-state index in [1.807, 2.05) is 6.07 Å². The zero-order chi connectivity index (χ0) is 13.0. The maximum atomic E-state index is 6.40. The lowest BCUT2D eigenvalue weighted by molar-refractivity contribution is 0.368. The maximum absolute atomic E-state index is 6.40. The molecule has 0 fully saturated rings. The van der Waals surface area contributed by atoms with E-state index in [1.165, 1.54) is 22.3 Å². The summed E-state index contributed by atoms with van der Waals surface area (Å²) in [6.45, 7) is 2.31. The van der Waals surface area contributed by atoms with E-state index in [2.05, 4.69) is 48.6 Å². The average molecular weight is 270 g/mol. The van der Waals surface area contributed by atoms with Crippen molar-refractivity contribution in [3.63, 3.8) is 0 Å². The monoisotopic (exact) mass is 269 g/mol. The quantitative estimate of drug-likeness (QED) is 0.762. The van der Waals surface area contributed by atoms with Crippen LogP contribution in [0, 0.1) is 0 Å². The fraction of sp³-hybridized carbons (Fsp3) is 0.294. The molecule has 0 amide bonds. The number of halogens is 1. The van der Waals surface area contributed by atoms with Gasteiger partial charge in [0.25, 0.3) is 0 Å². The van der Waals surface area contributed by atoms with Gasteiger partial charge in [0.1, 0.15) is 0 Å². The molecule has 0 aromatic heterocycles. The second-order valence-corrected chi connectivity index (χ2v) is 6.28. The molecule has 2 aromatic rings. The van der Waals surface area contributed by atoms with Crippen LogP contribution in [0.3, 0.4) is 0 Å². The van der Waals surface area contributed by atoms with Crippen molar-refractivity contribution in [2.45, 2.75) is 31.3 Å². The molecule has 0 saturated carbocycles. The fourth-order valence-electron chi connectivity index (χ4n) is 3.73. The molecule has 0 saturated heterocycles. The van der Waals surface area contributed by atoms with E-state index in [1.54, 1.807) is 0 Å². The van der Waals surface area contributed by atoms with Crippen LogP contribution in [0.4, 0.5) is 0 Å². The molecule has 1 nitrogen and oxygen atoms in total. The highest BCUT2D eigenvalue weighted by Gasteiger charge is 2.42. The first-order chi connectivity index (χ1) is 9.17. The van der Waals surface area contributed by atoms with Gasteiger partial charge in [0.15, 0.2) is 0 Å². The fourth-order valence-corrected chi connectivity index (χ4v) is 4.00. The largest absolute Gasteiger partial charge is 0.300 e. The van der Waals surface area contributed by atoms with Crippen molar-refractivity contribution in [1.29, 1.82) is 0 Å². The smallest absolute Gasteiger partial charge is 0.0455 e. The molecule has 2 heterocycles. The van der Waals surface area contributed by atoms with Crippen LogP contribution in [0.1, 0.15) is 35.2 Å². The number of hydrogen-bond acceptors (Lipinski definition) is 1. The molecular weight excluding hydrogens is 254 g/mol. The Morgan fingerprint density at radius 3 is 2.89 bits per heavy atom. The minimum Gasteiger partial charge on any atom is -0.300 e. The lowest BCUT2D eigenvalue weighted by Crippen LogP contribution is -2.36. The second-order valence-electron chi connectivity index (χ2n) is 5.87. The van der Waals surface area contributed by atoms with E-state index < -0.39 is 0 Å². The van der Waals surface area contributed by atoms with E-state index in [0.717, 1.165) is 17.9 Å². The van der Waals surface area contributed by atoms with E-state index in [-0.39, 0.29) is 5.54 Å². The van der Waals surface area contributed by atoms with E-state index >= 15 is 0 Å². The van der Waals surface area contributed by atoms with Crippen LogP contribution < -0.4 is 5.32 Å². The molecular formula is C17H16ClN. The normalized spacial score (nSPS) is 27.6. The summed E-state index contributed by atoms with van der Waals surface area (Å²) in [6, 6.07) is 15.5. The number of rotatable bonds is 0. The van der Waals surface area contributed by atoms with E-state index in [4.69, 9.17) is 11.6 Å². The van der Waals surface area contributed by atoms with Gasteiger partial charge >= 0.3 is 0 Å². The Morgan fingerprint density at radius 2 is 2.00 bits per heavy atom. The SMILES string of the molecule is CC12Cc3cccc(Cl)c3CC(N1)c1ccccc12. The maximum Gasteiger partial charge on any atom is 0.0455 e. The number of benzene rings is 2. The van der Waals surface area contributed by atoms with Crippen LogP contribution >= 0.6 is 11.6 Å². The van der Waals surface area contributed by atoms with E-state index in [0.29, 0.717) is 6.04 Å². The molecule has 2 aliphatic heterocycles. The summed E-state index contributed by atoms with van der Waals surface area (Å²) in [7, 11) is 0. The first kappa shape index (κ1) is 11.5. The molecule has 96 valence electrons. The third-order valence-corrected chi connectivity index (χ3v) is 4.95. The van der Waals surface area contributed by atoms with Crippen LogP contribution in [-0.2, 0) is 18.4 Å². The summed E-state index contributed by atoms with van der Waals surface area (Å²) in [5, 5.41) is 4.72. The van der Waals surface area contributed by atoms with Crippen molar-refractivity contribution in [3.8, 4) is 0 Å². The Hall–Kier alpha value is -1.31. The van der Waals surface area contributed by atoms with Gasteiger partial charge in [0.05, 0.1) is 0 Å². The average Bonchev–Trinajstić information content (AvgIpc) is 2.57. The Bertz CT molecular complexity index is 664. The number of hydrogen-bond donors (Lipinski definition) is 1. The van der Waals surface area contributed by atoms with Crippen molar-refractivity contribution < 1.29 is 0 Å². The predicted octanol–water partition coefficient (Wildman–Crippen LogP) is 4.00. The summed E-state index contributed by atoms with van der Waals surface area (Å²) in [4.78, 5) is 0. The standard InChI is InChI=1S/C17H16ClN/c1-17-10-11-5-4-8-15(18)13(11)9-16(19-17)12-6-2-3-7-14(12)17/h2-8,16,19H,9-10H2,1H3. The summed E-state index contributed by atoms with van der Waals surface area (Å²) >= 11 is 6.40. The zero-order valence-electron chi connectivity index (χ0n) is 10.9. The zero-order valence-corrected chi connectivity index (χ0v) is 11.7. The van der Waals surface area contributed by atoms with Gasteiger partial charge in [-0.05, 0) is 48.1 Å². The Morgan fingerprint density at radius 1 is 1.16 bits per heavy atom. The number of fused-ring (bicyclic) bond motifs is 6. The summed E-state index contributed by atoms with van der Waals surface area (Å²) in [6.07, 6.45) is 2.00.